The van der Waals surface area contributed by atoms with Crippen LogP contribution in [0.15, 0.2) is 23.1 Å². The molecule has 1 aromatic carbocycles. The molecule has 0 saturated heterocycles. The lowest BCUT2D eigenvalue weighted by atomic mass is 10.2. The average Bonchev–Trinajstić information content (AvgIpc) is 2.43. The van der Waals surface area contributed by atoms with E-state index >= 15 is 0 Å². The first-order chi connectivity index (χ1) is 9.35. The molecule has 0 aliphatic carbocycles. The topological polar surface area (TPSA) is 113 Å². The van der Waals surface area contributed by atoms with Crippen LogP contribution in [-0.2, 0) is 14.8 Å². The summed E-state index contributed by atoms with van der Waals surface area (Å²) in [5.74, 6) is -1.81. The van der Waals surface area contributed by atoms with Crippen LogP contribution in [0, 0.1) is 5.82 Å². The van der Waals surface area contributed by atoms with Gasteiger partial charge in [0, 0.05) is 0 Å². The maximum Gasteiger partial charge on any atom is 0.339 e. The van der Waals surface area contributed by atoms with Crippen LogP contribution in [0.4, 0.5) is 4.39 Å². The first-order valence-corrected chi connectivity index (χ1v) is 6.96. The number of carbonyl (C=O) groups excluding carboxylic acids is 1. The van der Waals surface area contributed by atoms with E-state index in [-0.39, 0.29) is 5.56 Å². The SMILES string of the molecule is COC(=O)c1ccc(F)cc1S(=O)(=O)NC(CO)CO. The summed E-state index contributed by atoms with van der Waals surface area (Å²) in [5.41, 5.74) is -0.351. The molecule has 0 atom stereocenters. The van der Waals surface area contributed by atoms with Crippen LogP contribution in [-0.4, -0.2) is 51.0 Å². The molecule has 0 bridgehead atoms. The van der Waals surface area contributed by atoms with Gasteiger partial charge in [-0.1, -0.05) is 0 Å². The van der Waals surface area contributed by atoms with Crippen LogP contribution in [0.25, 0.3) is 0 Å². The Morgan fingerprint density at radius 1 is 1.40 bits per heavy atom. The second-order valence-electron chi connectivity index (χ2n) is 3.82. The molecule has 9 heteroatoms. The third-order valence-corrected chi connectivity index (χ3v) is 3.96. The molecule has 1 rings (SSSR count). The van der Waals surface area contributed by atoms with Gasteiger partial charge in [0.05, 0.1) is 36.8 Å². The van der Waals surface area contributed by atoms with Crippen molar-refractivity contribution in [1.82, 2.24) is 4.72 Å². The molecule has 0 aromatic heterocycles. The lowest BCUT2D eigenvalue weighted by Gasteiger charge is -2.15. The molecule has 0 heterocycles. The third-order valence-electron chi connectivity index (χ3n) is 2.40. The second-order valence-corrected chi connectivity index (χ2v) is 5.50. The van der Waals surface area contributed by atoms with E-state index in [4.69, 9.17) is 10.2 Å². The van der Waals surface area contributed by atoms with Crippen molar-refractivity contribution in [3.63, 3.8) is 0 Å². The van der Waals surface area contributed by atoms with E-state index in [0.717, 1.165) is 19.2 Å². The number of hydrogen-bond acceptors (Lipinski definition) is 6. The van der Waals surface area contributed by atoms with E-state index in [0.29, 0.717) is 6.07 Å². The second kappa shape index (κ2) is 6.75. The summed E-state index contributed by atoms with van der Waals surface area (Å²) in [6, 6.07) is 1.39. The van der Waals surface area contributed by atoms with Crippen molar-refractivity contribution in [2.24, 2.45) is 0 Å². The van der Waals surface area contributed by atoms with E-state index in [1.165, 1.54) is 0 Å². The molecule has 3 N–H and O–H groups in total. The summed E-state index contributed by atoms with van der Waals surface area (Å²) < 4.78 is 43.7. The van der Waals surface area contributed by atoms with Crippen molar-refractivity contribution in [2.45, 2.75) is 10.9 Å². The van der Waals surface area contributed by atoms with Gasteiger partial charge in [-0.05, 0) is 18.2 Å². The Labute approximate surface area is 115 Å². The Hall–Kier alpha value is -1.55. The maximum atomic E-state index is 13.2. The minimum Gasteiger partial charge on any atom is -0.465 e. The number of nitrogens with one attached hydrogen (secondary N) is 1. The number of hydrogen-bond donors (Lipinski definition) is 3. The number of esters is 1. The minimum atomic E-state index is -4.30. The Bertz CT molecular complexity index is 585. The molecule has 20 heavy (non-hydrogen) atoms. The predicted molar refractivity (Wildman–Crippen MR) is 66.0 cm³/mol. The van der Waals surface area contributed by atoms with Gasteiger partial charge in [-0.25, -0.2) is 22.3 Å². The van der Waals surface area contributed by atoms with Gasteiger partial charge in [0.25, 0.3) is 0 Å². The Morgan fingerprint density at radius 3 is 2.50 bits per heavy atom. The van der Waals surface area contributed by atoms with Crippen molar-refractivity contribution in [3.05, 3.63) is 29.6 Å². The molecule has 0 aliphatic heterocycles. The van der Waals surface area contributed by atoms with Crippen LogP contribution in [0.3, 0.4) is 0 Å². The van der Waals surface area contributed by atoms with Gasteiger partial charge in [-0.3, -0.25) is 0 Å². The zero-order valence-electron chi connectivity index (χ0n) is 10.5. The summed E-state index contributed by atoms with van der Waals surface area (Å²) in [4.78, 5) is 10.9. The smallest absolute Gasteiger partial charge is 0.339 e. The molecule has 0 fully saturated rings. The number of ether oxygens (including phenoxy) is 1. The Balaban J connectivity index is 3.29. The molecule has 112 valence electrons. The van der Waals surface area contributed by atoms with Crippen molar-refractivity contribution >= 4 is 16.0 Å². The molecule has 0 unspecified atom stereocenters. The number of methoxy groups -OCH3 is 1. The maximum absolute atomic E-state index is 13.2. The Morgan fingerprint density at radius 2 is 2.00 bits per heavy atom. The molecule has 0 amide bonds. The van der Waals surface area contributed by atoms with E-state index in [1.807, 2.05) is 4.72 Å². The number of benzene rings is 1. The number of aliphatic hydroxyl groups is 2. The summed E-state index contributed by atoms with van der Waals surface area (Å²) in [5, 5.41) is 17.7. The highest BCUT2D eigenvalue weighted by Crippen LogP contribution is 2.18. The molecule has 0 radical (unpaired) electrons. The highest BCUT2D eigenvalue weighted by Gasteiger charge is 2.26. The van der Waals surface area contributed by atoms with Gasteiger partial charge in [-0.15, -0.1) is 0 Å². The fraction of sp³-hybridized carbons (Fsp3) is 0.364. The first kappa shape index (κ1) is 16.5. The van der Waals surface area contributed by atoms with E-state index < -0.39 is 46.0 Å². The monoisotopic (exact) mass is 307 g/mol. The van der Waals surface area contributed by atoms with Crippen LogP contribution >= 0.6 is 0 Å². The number of aliphatic hydroxyl groups excluding tert-OH is 2. The van der Waals surface area contributed by atoms with Crippen molar-refractivity contribution in [1.29, 1.82) is 0 Å². The molecule has 0 aliphatic rings. The highest BCUT2D eigenvalue weighted by molar-refractivity contribution is 7.89. The van der Waals surface area contributed by atoms with Crippen LogP contribution in [0.1, 0.15) is 10.4 Å². The summed E-state index contributed by atoms with van der Waals surface area (Å²) in [7, 11) is -3.25. The number of rotatable bonds is 6. The molecule has 0 saturated carbocycles. The van der Waals surface area contributed by atoms with Crippen molar-refractivity contribution in [2.75, 3.05) is 20.3 Å². The lowest BCUT2D eigenvalue weighted by molar-refractivity contribution is 0.0596. The van der Waals surface area contributed by atoms with Gasteiger partial charge in [0.1, 0.15) is 5.82 Å². The highest BCUT2D eigenvalue weighted by atomic mass is 32.2. The first-order valence-electron chi connectivity index (χ1n) is 5.47. The quantitative estimate of drug-likeness (QED) is 0.596. The van der Waals surface area contributed by atoms with E-state index in [9.17, 15) is 17.6 Å². The Kier molecular flexibility index (Phi) is 5.57. The van der Waals surface area contributed by atoms with Crippen LogP contribution in [0.5, 0.6) is 0 Å². The summed E-state index contributed by atoms with van der Waals surface area (Å²) in [6.45, 7) is -1.31. The number of carbonyl (C=O) groups is 1. The van der Waals surface area contributed by atoms with Gasteiger partial charge in [0.2, 0.25) is 10.0 Å². The van der Waals surface area contributed by atoms with Crippen LogP contribution in [0.2, 0.25) is 0 Å². The largest absolute Gasteiger partial charge is 0.465 e. The molecular formula is C11H14FNO6S. The van der Waals surface area contributed by atoms with Gasteiger partial charge in [0.15, 0.2) is 0 Å². The molecule has 7 nitrogen and oxygen atoms in total. The summed E-state index contributed by atoms with van der Waals surface area (Å²) >= 11 is 0. The van der Waals surface area contributed by atoms with Gasteiger partial charge < -0.3 is 14.9 Å². The molecule has 1 aromatic rings. The fourth-order valence-electron chi connectivity index (χ4n) is 1.41. The number of sulfonamides is 1. The lowest BCUT2D eigenvalue weighted by Crippen LogP contribution is -2.40. The average molecular weight is 307 g/mol. The predicted octanol–water partition coefficient (Wildman–Crippen LogP) is -0.756. The third kappa shape index (κ3) is 3.73. The molecule has 0 spiro atoms. The fourth-order valence-corrected chi connectivity index (χ4v) is 2.84. The van der Waals surface area contributed by atoms with Crippen molar-refractivity contribution in [3.8, 4) is 0 Å². The van der Waals surface area contributed by atoms with Crippen molar-refractivity contribution < 1.29 is 32.6 Å². The summed E-state index contributed by atoms with van der Waals surface area (Å²) in [6.07, 6.45) is 0. The molecular weight excluding hydrogens is 293 g/mol. The van der Waals surface area contributed by atoms with Crippen LogP contribution < -0.4 is 4.72 Å². The standard InChI is InChI=1S/C11H14FNO6S/c1-19-11(16)9-3-2-7(12)4-10(9)20(17,18)13-8(5-14)6-15/h2-4,8,13-15H,5-6H2,1H3. The van der Waals surface area contributed by atoms with Gasteiger partial charge >= 0.3 is 5.97 Å². The zero-order chi connectivity index (χ0) is 15.3. The minimum absolute atomic E-state index is 0.351. The normalized spacial score (nSPS) is 11.7. The van der Waals surface area contributed by atoms with E-state index in [1.54, 1.807) is 0 Å². The van der Waals surface area contributed by atoms with E-state index in [2.05, 4.69) is 4.74 Å². The van der Waals surface area contributed by atoms with Gasteiger partial charge in [-0.2, -0.15) is 0 Å². The number of halogens is 1. The zero-order valence-corrected chi connectivity index (χ0v) is 11.4.